The summed E-state index contributed by atoms with van der Waals surface area (Å²) < 4.78 is 5.03. The maximum Gasteiger partial charge on any atom is 0.325 e. The average Bonchev–Trinajstić information content (AvgIpc) is 3.18. The minimum absolute atomic E-state index is 0.354. The van der Waals surface area contributed by atoms with Gasteiger partial charge in [-0.1, -0.05) is 24.1 Å². The molecule has 26 heavy (non-hydrogen) atoms. The Balaban J connectivity index is 1.38. The molecule has 2 saturated carbocycles. The number of imide groups is 1. The first-order chi connectivity index (χ1) is 12.4. The largest absolute Gasteiger partial charge is 0.456 e. The molecular formula is C20H26N2O4. The van der Waals surface area contributed by atoms with Gasteiger partial charge in [-0.25, -0.2) is 4.79 Å². The lowest BCUT2D eigenvalue weighted by molar-refractivity contribution is -0.149. The summed E-state index contributed by atoms with van der Waals surface area (Å²) >= 11 is 0. The molecule has 0 saturated heterocycles. The van der Waals surface area contributed by atoms with E-state index in [-0.39, 0.29) is 5.97 Å². The molecular weight excluding hydrogens is 332 g/mol. The van der Waals surface area contributed by atoms with Gasteiger partial charge in [0.25, 0.3) is 5.91 Å². The molecule has 2 aliphatic rings. The van der Waals surface area contributed by atoms with Crippen LogP contribution in [0.5, 0.6) is 0 Å². The van der Waals surface area contributed by atoms with Crippen molar-refractivity contribution in [3.05, 3.63) is 29.3 Å². The molecule has 1 aromatic carbocycles. The molecule has 2 aliphatic carbocycles. The molecule has 3 amide bonds. The first kappa shape index (κ1) is 18.4. The lowest BCUT2D eigenvalue weighted by atomic mass is 9.86. The number of benzene rings is 1. The van der Waals surface area contributed by atoms with Crippen LogP contribution in [-0.2, 0) is 14.3 Å². The van der Waals surface area contributed by atoms with Crippen LogP contribution >= 0.6 is 0 Å². The van der Waals surface area contributed by atoms with Gasteiger partial charge in [0.05, 0.1) is 0 Å². The molecule has 0 radical (unpaired) electrons. The van der Waals surface area contributed by atoms with Crippen LogP contribution in [-0.4, -0.2) is 24.5 Å². The molecule has 2 fully saturated rings. The Morgan fingerprint density at radius 2 is 1.96 bits per heavy atom. The molecule has 2 bridgehead atoms. The summed E-state index contributed by atoms with van der Waals surface area (Å²) in [6.07, 6.45) is 5.21. The van der Waals surface area contributed by atoms with Gasteiger partial charge < -0.3 is 10.1 Å². The van der Waals surface area contributed by atoms with Crippen molar-refractivity contribution < 1.29 is 19.1 Å². The lowest BCUT2D eigenvalue weighted by Gasteiger charge is -2.20. The molecule has 1 aromatic rings. The summed E-state index contributed by atoms with van der Waals surface area (Å²) in [7, 11) is 0. The first-order valence-corrected chi connectivity index (χ1v) is 9.24. The molecule has 140 valence electrons. The molecule has 3 rings (SSSR count). The average molecular weight is 358 g/mol. The zero-order chi connectivity index (χ0) is 18.7. The third kappa shape index (κ3) is 4.62. The summed E-state index contributed by atoms with van der Waals surface area (Å²) in [5, 5.41) is 4.80. The van der Waals surface area contributed by atoms with Gasteiger partial charge in [0.1, 0.15) is 0 Å². The van der Waals surface area contributed by atoms with E-state index in [4.69, 9.17) is 4.74 Å². The Labute approximate surface area is 153 Å². The maximum atomic E-state index is 11.9. The molecule has 0 heterocycles. The molecule has 2 N–H and O–H groups in total. The number of hydrogen-bond acceptors (Lipinski definition) is 4. The summed E-state index contributed by atoms with van der Waals surface area (Å²) in [6, 6.07) is 4.96. The normalized spacial score (nSPS) is 23.5. The quantitative estimate of drug-likeness (QED) is 0.791. The van der Waals surface area contributed by atoms with Crippen LogP contribution in [0.3, 0.4) is 0 Å². The monoisotopic (exact) mass is 358 g/mol. The van der Waals surface area contributed by atoms with Gasteiger partial charge in [-0.3, -0.25) is 14.9 Å². The van der Waals surface area contributed by atoms with Gasteiger partial charge in [0, 0.05) is 12.1 Å². The number of carbonyl (C=O) groups excluding carboxylic acids is 3. The van der Waals surface area contributed by atoms with E-state index >= 15 is 0 Å². The number of urea groups is 1. The Hall–Kier alpha value is -2.37. The Bertz CT molecular complexity index is 716. The van der Waals surface area contributed by atoms with Gasteiger partial charge >= 0.3 is 12.0 Å². The summed E-state index contributed by atoms with van der Waals surface area (Å²) in [4.78, 5) is 35.6. The minimum atomic E-state index is -0.633. The summed E-state index contributed by atoms with van der Waals surface area (Å²) in [6.45, 7) is 3.41. The van der Waals surface area contributed by atoms with Crippen molar-refractivity contribution in [1.29, 1.82) is 0 Å². The Morgan fingerprint density at radius 3 is 2.62 bits per heavy atom. The van der Waals surface area contributed by atoms with E-state index in [1.807, 2.05) is 26.0 Å². The number of anilines is 1. The number of esters is 1. The van der Waals surface area contributed by atoms with Crippen LogP contribution in [0.2, 0.25) is 0 Å². The topological polar surface area (TPSA) is 84.5 Å². The van der Waals surface area contributed by atoms with E-state index in [0.717, 1.165) is 23.5 Å². The van der Waals surface area contributed by atoms with Gasteiger partial charge in [0.2, 0.25) is 0 Å². The fraction of sp³-hybridized carbons (Fsp3) is 0.550. The number of nitrogens with one attached hydrogen (secondary N) is 2. The molecule has 0 unspecified atom stereocenters. The van der Waals surface area contributed by atoms with Gasteiger partial charge in [-0.2, -0.15) is 0 Å². The van der Waals surface area contributed by atoms with Crippen molar-refractivity contribution in [3.63, 3.8) is 0 Å². The molecule has 6 nitrogen and oxygen atoms in total. The highest BCUT2D eigenvalue weighted by atomic mass is 16.5. The molecule has 6 heteroatoms. The van der Waals surface area contributed by atoms with Gasteiger partial charge in [0.15, 0.2) is 6.61 Å². The molecule has 3 atom stereocenters. The zero-order valence-electron chi connectivity index (χ0n) is 15.3. The number of ether oxygens (including phenoxy) is 1. The van der Waals surface area contributed by atoms with Crippen molar-refractivity contribution in [2.45, 2.75) is 46.0 Å². The fourth-order valence-electron chi connectivity index (χ4n) is 4.32. The molecule has 0 aliphatic heterocycles. The van der Waals surface area contributed by atoms with Crippen molar-refractivity contribution in [1.82, 2.24) is 5.32 Å². The number of rotatable bonds is 5. The van der Waals surface area contributed by atoms with Crippen LogP contribution in [0.4, 0.5) is 10.5 Å². The molecule has 0 aromatic heterocycles. The third-order valence-corrected chi connectivity index (χ3v) is 5.56. The zero-order valence-corrected chi connectivity index (χ0v) is 15.3. The fourth-order valence-corrected chi connectivity index (χ4v) is 4.32. The second-order valence-corrected chi connectivity index (χ2v) is 7.62. The lowest BCUT2D eigenvalue weighted by Crippen LogP contribution is -2.37. The van der Waals surface area contributed by atoms with E-state index in [1.54, 1.807) is 6.07 Å². The Morgan fingerprint density at radius 1 is 1.15 bits per heavy atom. The highest BCUT2D eigenvalue weighted by Gasteiger charge is 2.40. The second-order valence-electron chi connectivity index (χ2n) is 7.62. The van der Waals surface area contributed by atoms with Crippen LogP contribution in [0, 0.1) is 31.6 Å². The van der Waals surface area contributed by atoms with Gasteiger partial charge in [-0.15, -0.1) is 0 Å². The maximum absolute atomic E-state index is 11.9. The Kier molecular flexibility index (Phi) is 5.59. The van der Waals surface area contributed by atoms with Crippen molar-refractivity contribution in [2.75, 3.05) is 11.9 Å². The van der Waals surface area contributed by atoms with Crippen molar-refractivity contribution >= 4 is 23.6 Å². The van der Waals surface area contributed by atoms with Crippen molar-refractivity contribution in [2.24, 2.45) is 17.8 Å². The first-order valence-electron chi connectivity index (χ1n) is 9.24. The number of amides is 3. The van der Waals surface area contributed by atoms with Crippen LogP contribution in [0.25, 0.3) is 0 Å². The van der Waals surface area contributed by atoms with Crippen LogP contribution in [0.1, 0.15) is 43.2 Å². The van der Waals surface area contributed by atoms with Crippen LogP contribution in [0.15, 0.2) is 18.2 Å². The van der Waals surface area contributed by atoms with E-state index < -0.39 is 18.5 Å². The van der Waals surface area contributed by atoms with Crippen LogP contribution < -0.4 is 10.6 Å². The number of carbonyl (C=O) groups is 3. The van der Waals surface area contributed by atoms with Crippen molar-refractivity contribution in [3.8, 4) is 0 Å². The van der Waals surface area contributed by atoms with E-state index in [9.17, 15) is 14.4 Å². The smallest absolute Gasteiger partial charge is 0.325 e. The summed E-state index contributed by atoms with van der Waals surface area (Å²) in [5.41, 5.74) is 2.63. The summed E-state index contributed by atoms with van der Waals surface area (Å²) in [5.74, 6) is 0.832. The van der Waals surface area contributed by atoms with E-state index in [1.165, 1.54) is 19.3 Å². The minimum Gasteiger partial charge on any atom is -0.456 e. The number of fused-ring (bicyclic) bond motifs is 2. The van der Waals surface area contributed by atoms with E-state index in [0.29, 0.717) is 23.9 Å². The highest BCUT2D eigenvalue weighted by Crippen LogP contribution is 2.49. The predicted molar refractivity (Wildman–Crippen MR) is 97.6 cm³/mol. The number of aryl methyl sites for hydroxylation is 2. The van der Waals surface area contributed by atoms with E-state index in [2.05, 4.69) is 10.6 Å². The standard InChI is InChI=1S/C20H26N2O4/c1-12-3-6-17(13(2)7-12)21-20(25)22-18(23)11-26-19(24)10-16-9-14-4-5-15(16)8-14/h3,6-7,14-16H,4-5,8-11H2,1-2H3,(H2,21,22,23,25)/t14-,15+,16-/m0/s1. The number of hydrogen-bond donors (Lipinski definition) is 2. The molecule has 0 spiro atoms. The highest BCUT2D eigenvalue weighted by molar-refractivity contribution is 6.02. The second kappa shape index (κ2) is 7.89. The third-order valence-electron chi connectivity index (χ3n) is 5.56. The SMILES string of the molecule is Cc1ccc(NC(=O)NC(=O)COC(=O)C[C@@H]2C[C@H]3CC[C@@H]2C3)c(C)c1. The predicted octanol–water partition coefficient (Wildman–Crippen LogP) is 3.32. The van der Waals surface area contributed by atoms with Gasteiger partial charge in [-0.05, 0) is 62.5 Å².